The predicted molar refractivity (Wildman–Crippen MR) is 51.4 cm³/mol. The number of nitrogens with two attached hydrogens (primary N) is 1. The van der Waals surface area contributed by atoms with Gasteiger partial charge in [-0.2, -0.15) is 0 Å². The number of anilines is 1. The molecule has 0 aliphatic carbocycles. The maximum Gasteiger partial charge on any atom is 0.205 e. The molecule has 0 aliphatic heterocycles. The van der Waals surface area contributed by atoms with Gasteiger partial charge in [-0.05, 0) is 26.3 Å². The largest absolute Gasteiger partial charge is 0.360 e. The lowest BCUT2D eigenvalue weighted by molar-refractivity contribution is 0.772. The Kier molecular flexibility index (Phi) is 3.96. The third-order valence-corrected chi connectivity index (χ3v) is 2.23. The van der Waals surface area contributed by atoms with Crippen LogP contribution in [0.3, 0.4) is 0 Å². The summed E-state index contributed by atoms with van der Waals surface area (Å²) in [6.45, 7) is 3.64. The molecule has 68 valence electrons. The van der Waals surface area contributed by atoms with E-state index >= 15 is 0 Å². The Morgan fingerprint density at radius 3 is 2.83 bits per heavy atom. The molecule has 0 aliphatic rings. The van der Waals surface area contributed by atoms with E-state index in [0.717, 1.165) is 36.1 Å². The average Bonchev–Trinajstić information content (AvgIpc) is 2.45. The monoisotopic (exact) mass is 186 g/mol. The first-order chi connectivity index (χ1) is 5.83. The highest BCUT2D eigenvalue weighted by Gasteiger charge is 1.97. The summed E-state index contributed by atoms with van der Waals surface area (Å²) in [6.07, 6.45) is 2.15. The predicted octanol–water partition coefficient (Wildman–Crippen LogP) is 0.997. The van der Waals surface area contributed by atoms with E-state index in [1.165, 1.54) is 0 Å². The molecule has 1 heterocycles. The van der Waals surface area contributed by atoms with Crippen molar-refractivity contribution in [2.75, 3.05) is 18.4 Å². The van der Waals surface area contributed by atoms with E-state index in [1.807, 2.05) is 6.92 Å². The molecule has 0 aromatic carbocycles. The van der Waals surface area contributed by atoms with Crippen LogP contribution in [0.15, 0.2) is 0 Å². The van der Waals surface area contributed by atoms with Crippen LogP contribution in [0.2, 0.25) is 0 Å². The van der Waals surface area contributed by atoms with Crippen LogP contribution in [-0.4, -0.2) is 23.3 Å². The Morgan fingerprint density at radius 2 is 2.25 bits per heavy atom. The van der Waals surface area contributed by atoms with Gasteiger partial charge in [0.25, 0.3) is 0 Å². The van der Waals surface area contributed by atoms with Gasteiger partial charge in [0.05, 0.1) is 0 Å². The van der Waals surface area contributed by atoms with Gasteiger partial charge in [0.1, 0.15) is 5.01 Å². The molecule has 0 saturated carbocycles. The molecule has 0 amide bonds. The van der Waals surface area contributed by atoms with Crippen LogP contribution in [0.4, 0.5) is 5.13 Å². The van der Waals surface area contributed by atoms with Gasteiger partial charge in [-0.1, -0.05) is 11.3 Å². The molecular formula is C7H14N4S. The van der Waals surface area contributed by atoms with Crippen molar-refractivity contribution in [1.29, 1.82) is 0 Å². The third-order valence-electron chi connectivity index (χ3n) is 1.43. The van der Waals surface area contributed by atoms with Crippen LogP contribution >= 0.6 is 11.3 Å². The summed E-state index contributed by atoms with van der Waals surface area (Å²) < 4.78 is 0. The van der Waals surface area contributed by atoms with E-state index in [2.05, 4.69) is 15.5 Å². The maximum absolute atomic E-state index is 5.36. The highest BCUT2D eigenvalue weighted by atomic mass is 32.1. The summed E-state index contributed by atoms with van der Waals surface area (Å²) >= 11 is 1.58. The van der Waals surface area contributed by atoms with Crippen molar-refractivity contribution in [3.8, 4) is 0 Å². The van der Waals surface area contributed by atoms with Crippen LogP contribution in [0.1, 0.15) is 17.8 Å². The van der Waals surface area contributed by atoms with Gasteiger partial charge in [0.15, 0.2) is 0 Å². The lowest BCUT2D eigenvalue weighted by Gasteiger charge is -1.98. The zero-order valence-corrected chi connectivity index (χ0v) is 8.02. The molecule has 5 heteroatoms. The minimum absolute atomic E-state index is 0.761. The van der Waals surface area contributed by atoms with Crippen molar-refractivity contribution in [2.45, 2.75) is 19.8 Å². The highest BCUT2D eigenvalue weighted by Crippen LogP contribution is 2.13. The van der Waals surface area contributed by atoms with Gasteiger partial charge in [-0.3, -0.25) is 0 Å². The van der Waals surface area contributed by atoms with Crippen LogP contribution < -0.4 is 11.1 Å². The van der Waals surface area contributed by atoms with Crippen LogP contribution in [0, 0.1) is 6.92 Å². The van der Waals surface area contributed by atoms with E-state index in [0.29, 0.717) is 0 Å². The highest BCUT2D eigenvalue weighted by molar-refractivity contribution is 7.15. The van der Waals surface area contributed by atoms with Crippen molar-refractivity contribution in [3.63, 3.8) is 0 Å². The minimum Gasteiger partial charge on any atom is -0.360 e. The first-order valence-electron chi connectivity index (χ1n) is 4.07. The number of nitrogens with zero attached hydrogens (tertiary/aromatic N) is 2. The van der Waals surface area contributed by atoms with E-state index in [9.17, 15) is 0 Å². The second-order valence-corrected chi connectivity index (χ2v) is 3.73. The smallest absolute Gasteiger partial charge is 0.205 e. The number of aromatic nitrogens is 2. The van der Waals surface area contributed by atoms with Gasteiger partial charge >= 0.3 is 0 Å². The standard InChI is InChI=1S/C7H14N4S/c1-6-10-11-7(12-6)9-5-3-2-4-8/h2-5,8H2,1H3,(H,9,11). The molecular weight excluding hydrogens is 172 g/mol. The van der Waals surface area contributed by atoms with E-state index in [-0.39, 0.29) is 0 Å². The molecule has 1 aromatic rings. The van der Waals surface area contributed by atoms with Crippen LogP contribution in [0.25, 0.3) is 0 Å². The second-order valence-electron chi connectivity index (χ2n) is 2.55. The quantitative estimate of drug-likeness (QED) is 0.673. The zero-order valence-electron chi connectivity index (χ0n) is 7.21. The summed E-state index contributed by atoms with van der Waals surface area (Å²) in [5.41, 5.74) is 5.36. The molecule has 0 bridgehead atoms. The maximum atomic E-state index is 5.36. The molecule has 0 fully saturated rings. The average molecular weight is 186 g/mol. The minimum atomic E-state index is 0.761. The lowest BCUT2D eigenvalue weighted by Crippen LogP contribution is -2.05. The van der Waals surface area contributed by atoms with E-state index < -0.39 is 0 Å². The van der Waals surface area contributed by atoms with Crippen LogP contribution in [0.5, 0.6) is 0 Å². The first-order valence-corrected chi connectivity index (χ1v) is 4.88. The number of aryl methyl sites for hydroxylation is 1. The summed E-state index contributed by atoms with van der Waals surface area (Å²) in [4.78, 5) is 0. The summed E-state index contributed by atoms with van der Waals surface area (Å²) in [5.74, 6) is 0. The summed E-state index contributed by atoms with van der Waals surface area (Å²) in [5, 5.41) is 12.9. The van der Waals surface area contributed by atoms with Gasteiger partial charge in [-0.25, -0.2) is 0 Å². The third kappa shape index (κ3) is 3.15. The summed E-state index contributed by atoms with van der Waals surface area (Å²) in [7, 11) is 0. The van der Waals surface area contributed by atoms with Gasteiger partial charge in [0.2, 0.25) is 5.13 Å². The molecule has 0 radical (unpaired) electrons. The fourth-order valence-electron chi connectivity index (χ4n) is 0.833. The fraction of sp³-hybridized carbons (Fsp3) is 0.714. The lowest BCUT2D eigenvalue weighted by atomic mass is 10.3. The Bertz CT molecular complexity index is 223. The number of hydrogen-bond acceptors (Lipinski definition) is 5. The molecule has 1 aromatic heterocycles. The zero-order chi connectivity index (χ0) is 8.81. The van der Waals surface area contributed by atoms with Crippen molar-refractivity contribution >= 4 is 16.5 Å². The second kappa shape index (κ2) is 5.05. The topological polar surface area (TPSA) is 63.8 Å². The molecule has 0 saturated heterocycles. The molecule has 3 N–H and O–H groups in total. The number of hydrogen-bond donors (Lipinski definition) is 2. The molecule has 0 unspecified atom stereocenters. The van der Waals surface area contributed by atoms with Crippen molar-refractivity contribution in [1.82, 2.24) is 10.2 Å². The number of rotatable bonds is 5. The Labute approximate surface area is 76.2 Å². The first kappa shape index (κ1) is 9.41. The van der Waals surface area contributed by atoms with Crippen LogP contribution in [-0.2, 0) is 0 Å². The molecule has 1 rings (SSSR count). The molecule has 12 heavy (non-hydrogen) atoms. The number of unbranched alkanes of at least 4 members (excludes halogenated alkanes) is 1. The van der Waals surface area contributed by atoms with E-state index in [4.69, 9.17) is 5.73 Å². The SMILES string of the molecule is Cc1nnc(NCCCCN)s1. The molecule has 0 spiro atoms. The molecule has 0 atom stereocenters. The summed E-state index contributed by atoms with van der Waals surface area (Å²) in [6, 6.07) is 0. The van der Waals surface area contributed by atoms with Gasteiger partial charge in [-0.15, -0.1) is 10.2 Å². The normalized spacial score (nSPS) is 10.2. The fourth-order valence-corrected chi connectivity index (χ4v) is 1.45. The Hall–Kier alpha value is -0.680. The van der Waals surface area contributed by atoms with E-state index in [1.54, 1.807) is 11.3 Å². The van der Waals surface area contributed by atoms with Gasteiger partial charge < -0.3 is 11.1 Å². The molecule has 4 nitrogen and oxygen atoms in total. The van der Waals surface area contributed by atoms with Gasteiger partial charge in [0, 0.05) is 6.54 Å². The van der Waals surface area contributed by atoms with Crippen molar-refractivity contribution in [3.05, 3.63) is 5.01 Å². The Morgan fingerprint density at radius 1 is 1.42 bits per heavy atom. The Balaban J connectivity index is 2.15. The number of nitrogens with one attached hydrogen (secondary N) is 1. The van der Waals surface area contributed by atoms with Crippen molar-refractivity contribution < 1.29 is 0 Å². The van der Waals surface area contributed by atoms with Crippen molar-refractivity contribution in [2.24, 2.45) is 5.73 Å².